The quantitative estimate of drug-likeness (QED) is 0.230. The van der Waals surface area contributed by atoms with Gasteiger partial charge in [-0.3, -0.25) is 19.2 Å². The van der Waals surface area contributed by atoms with Crippen LogP contribution in [0.3, 0.4) is 0 Å². The fraction of sp³-hybridized carbons (Fsp3) is 0.676. The third-order valence-electron chi connectivity index (χ3n) is 8.51. The number of carbonyl (C=O) groups excluding carboxylic acids is 5. The molecule has 18 heteroatoms. The summed E-state index contributed by atoms with van der Waals surface area (Å²) in [6, 6.07) is 7.95. The Hall–Kier alpha value is -3.75. The van der Waals surface area contributed by atoms with Gasteiger partial charge in [0, 0.05) is 34.8 Å². The molecule has 0 aliphatic carbocycles. The summed E-state index contributed by atoms with van der Waals surface area (Å²) in [6.45, 7) is 8.94. The van der Waals surface area contributed by atoms with Crippen LogP contribution in [0.4, 0.5) is 0 Å². The van der Waals surface area contributed by atoms with Crippen LogP contribution in [0.1, 0.15) is 58.8 Å². The number of rotatable bonds is 11. The molecule has 18 nitrogen and oxygen atoms in total. The van der Waals surface area contributed by atoms with Crippen LogP contribution >= 0.6 is 0 Å². The highest BCUT2D eigenvalue weighted by molar-refractivity contribution is 5.89. The first kappa shape index (κ1) is 41.0. The lowest BCUT2D eigenvalue weighted by atomic mass is 9.95. The van der Waals surface area contributed by atoms with E-state index in [1.807, 2.05) is 0 Å². The summed E-state index contributed by atoms with van der Waals surface area (Å²) in [5.74, 6) is -4.07. The van der Waals surface area contributed by atoms with Crippen LogP contribution in [-0.2, 0) is 71.3 Å². The zero-order valence-electron chi connectivity index (χ0n) is 30.0. The largest absolute Gasteiger partial charge is 0.456 e. The predicted octanol–water partition coefficient (Wildman–Crippen LogP) is 0.312. The highest BCUT2D eigenvalue weighted by atomic mass is 16.8. The number of hydrogen-bond acceptors (Lipinski definition) is 18. The van der Waals surface area contributed by atoms with Gasteiger partial charge in [-0.25, -0.2) is 4.79 Å². The number of carbonyl (C=O) groups is 5. The van der Waals surface area contributed by atoms with Crippen LogP contribution in [0.5, 0.6) is 0 Å². The molecule has 3 aliphatic rings. The van der Waals surface area contributed by atoms with Crippen molar-refractivity contribution in [3.63, 3.8) is 0 Å². The van der Waals surface area contributed by atoms with Crippen LogP contribution in [0.2, 0.25) is 0 Å². The van der Waals surface area contributed by atoms with Gasteiger partial charge < -0.3 is 62.3 Å². The van der Waals surface area contributed by atoms with E-state index in [-0.39, 0.29) is 5.56 Å². The van der Waals surface area contributed by atoms with E-state index in [9.17, 15) is 34.2 Å². The second-order valence-corrected chi connectivity index (χ2v) is 12.6. The van der Waals surface area contributed by atoms with Crippen molar-refractivity contribution in [3.8, 4) is 0 Å². The molecule has 3 fully saturated rings. The van der Waals surface area contributed by atoms with E-state index < -0.39 is 122 Å². The topological polar surface area (TPSA) is 227 Å². The molecule has 3 aliphatic heterocycles. The Kier molecular flexibility index (Phi) is 14.1. The molecule has 0 amide bonds. The molecule has 3 heterocycles. The summed E-state index contributed by atoms with van der Waals surface area (Å²) in [5.41, 5.74) is 0.160. The van der Waals surface area contributed by atoms with Crippen LogP contribution < -0.4 is 0 Å². The minimum Gasteiger partial charge on any atom is -0.456 e. The maximum Gasteiger partial charge on any atom is 0.338 e. The summed E-state index contributed by atoms with van der Waals surface area (Å²) in [5, 5.41) is 21.6. The lowest BCUT2D eigenvalue weighted by molar-refractivity contribution is -0.373. The third-order valence-corrected chi connectivity index (χ3v) is 8.51. The molecule has 2 N–H and O–H groups in total. The average Bonchev–Trinajstić information content (AvgIpc) is 3.07. The molecule has 4 rings (SSSR count). The molecule has 0 unspecified atom stereocenters. The summed E-state index contributed by atoms with van der Waals surface area (Å²) in [4.78, 5) is 62.7. The molecule has 0 bridgehead atoms. The monoisotopic (exact) mass is 742 g/mol. The Labute approximate surface area is 299 Å². The number of benzene rings is 1. The Bertz CT molecular complexity index is 1410. The molecule has 0 aromatic heterocycles. The van der Waals surface area contributed by atoms with Crippen molar-refractivity contribution >= 4 is 29.8 Å². The van der Waals surface area contributed by atoms with Crippen LogP contribution in [0.25, 0.3) is 0 Å². The van der Waals surface area contributed by atoms with Gasteiger partial charge >= 0.3 is 29.8 Å². The van der Waals surface area contributed by atoms with Gasteiger partial charge in [-0.1, -0.05) is 18.2 Å². The maximum atomic E-state index is 13.4. The Balaban J connectivity index is 1.77. The minimum atomic E-state index is -1.64. The zero-order valence-corrected chi connectivity index (χ0v) is 30.0. The van der Waals surface area contributed by atoms with E-state index in [0.717, 1.165) is 27.7 Å². The fourth-order valence-corrected chi connectivity index (χ4v) is 6.26. The van der Waals surface area contributed by atoms with E-state index >= 15 is 0 Å². The highest BCUT2D eigenvalue weighted by Crippen LogP contribution is 2.37. The molecule has 0 spiro atoms. The highest BCUT2D eigenvalue weighted by Gasteiger charge is 2.57. The van der Waals surface area contributed by atoms with E-state index in [0.29, 0.717) is 0 Å². The van der Waals surface area contributed by atoms with Gasteiger partial charge in [0.25, 0.3) is 0 Å². The SMILES string of the molecule is CO[C@@H]1O[C@@H](C)[C@H](O[C@H]2O[C@@H](C)[C@H](OC(=O)c3ccccc3)[C@@H](O[C@@H]3O[C@@H](C)[C@H](OC(C)=O)[C@@H](OC(C)=O)[C@H]3OC(C)=O)[C@H]2OC(C)=O)[C@@H](O)[C@H]1O. The Morgan fingerprint density at radius 2 is 0.923 bits per heavy atom. The molecular weight excluding hydrogens is 696 g/mol. The second kappa shape index (κ2) is 17.8. The van der Waals surface area contributed by atoms with Gasteiger partial charge in [0.1, 0.15) is 24.4 Å². The summed E-state index contributed by atoms with van der Waals surface area (Å²) in [7, 11) is 1.29. The third kappa shape index (κ3) is 9.81. The first-order valence-electron chi connectivity index (χ1n) is 16.6. The molecule has 0 radical (unpaired) electrons. The van der Waals surface area contributed by atoms with E-state index in [1.165, 1.54) is 33.1 Å². The van der Waals surface area contributed by atoms with Gasteiger partial charge in [0.15, 0.2) is 49.4 Å². The van der Waals surface area contributed by atoms with Crippen LogP contribution in [0, 0.1) is 0 Å². The standard InChI is InChI=1S/C34H46O18/c1-14-24(22(39)23(40)32(42-8)43-14)51-33-30(49-20(7)38)28(26(16(3)45-33)50-31(41)21-12-10-9-11-13-21)52-34-29(48-19(6)37)27(47-18(5)36)25(15(2)44-34)46-17(4)35/h9-16,22-30,32-34,39-40H,1-8H3/t14-,15-,16-,22-,23+,24-,25-,26-,27+,28+,29+,30+,32+,33+,34-/m0/s1. The predicted molar refractivity (Wildman–Crippen MR) is 170 cm³/mol. The number of hydrogen-bond donors (Lipinski definition) is 2. The summed E-state index contributed by atoms with van der Waals surface area (Å²) >= 11 is 0. The van der Waals surface area contributed by atoms with E-state index in [4.69, 9.17) is 52.1 Å². The first-order valence-corrected chi connectivity index (χ1v) is 16.6. The van der Waals surface area contributed by atoms with Crippen molar-refractivity contribution in [2.75, 3.05) is 7.11 Å². The lowest BCUT2D eigenvalue weighted by Crippen LogP contribution is -2.67. The first-order chi connectivity index (χ1) is 24.5. The number of ether oxygens (including phenoxy) is 11. The average molecular weight is 743 g/mol. The van der Waals surface area contributed by atoms with Crippen molar-refractivity contribution in [3.05, 3.63) is 35.9 Å². The molecule has 52 heavy (non-hydrogen) atoms. The summed E-state index contributed by atoms with van der Waals surface area (Å²) in [6.07, 6.45) is -20.7. The van der Waals surface area contributed by atoms with Gasteiger partial charge in [-0.05, 0) is 32.9 Å². The molecule has 1 aromatic rings. The van der Waals surface area contributed by atoms with Gasteiger partial charge in [0.2, 0.25) is 0 Å². The minimum absolute atomic E-state index is 0.160. The summed E-state index contributed by atoms with van der Waals surface area (Å²) < 4.78 is 63.5. The number of aliphatic hydroxyl groups is 2. The number of aliphatic hydroxyl groups excluding tert-OH is 2. The number of esters is 5. The second-order valence-electron chi connectivity index (χ2n) is 12.6. The van der Waals surface area contributed by atoms with Gasteiger partial charge in [-0.2, -0.15) is 0 Å². The van der Waals surface area contributed by atoms with Crippen molar-refractivity contribution in [2.24, 2.45) is 0 Å². The van der Waals surface area contributed by atoms with Crippen LogP contribution in [0.15, 0.2) is 30.3 Å². The van der Waals surface area contributed by atoms with Crippen molar-refractivity contribution < 1.29 is 86.3 Å². The van der Waals surface area contributed by atoms with Crippen molar-refractivity contribution in [1.82, 2.24) is 0 Å². The molecule has 3 saturated heterocycles. The molecule has 0 saturated carbocycles. The molecule has 15 atom stereocenters. The Morgan fingerprint density at radius 1 is 0.519 bits per heavy atom. The van der Waals surface area contributed by atoms with E-state index in [2.05, 4.69) is 0 Å². The van der Waals surface area contributed by atoms with E-state index in [1.54, 1.807) is 25.1 Å². The zero-order chi connectivity index (χ0) is 38.4. The molecular formula is C34H46O18. The normalized spacial score (nSPS) is 37.6. The van der Waals surface area contributed by atoms with Gasteiger partial charge in [0.05, 0.1) is 23.9 Å². The molecule has 290 valence electrons. The smallest absolute Gasteiger partial charge is 0.338 e. The lowest BCUT2D eigenvalue weighted by Gasteiger charge is -2.49. The Morgan fingerprint density at radius 3 is 1.42 bits per heavy atom. The number of methoxy groups -OCH3 is 1. The van der Waals surface area contributed by atoms with Gasteiger partial charge in [-0.15, -0.1) is 0 Å². The van der Waals surface area contributed by atoms with Crippen molar-refractivity contribution in [1.29, 1.82) is 0 Å². The van der Waals surface area contributed by atoms with Crippen molar-refractivity contribution in [2.45, 2.75) is 141 Å². The molecule has 1 aromatic carbocycles. The van der Waals surface area contributed by atoms with Crippen LogP contribution in [-0.4, -0.2) is 139 Å². The fourth-order valence-electron chi connectivity index (χ4n) is 6.26. The maximum absolute atomic E-state index is 13.4.